The number of pyridine rings is 1. The maximum Gasteiger partial charge on any atom is 0.323 e. The minimum atomic E-state index is -0.318. The largest absolute Gasteiger partial charge is 0.497 e. The molecule has 3 aromatic carbocycles. The van der Waals surface area contributed by atoms with Gasteiger partial charge in [0.25, 0.3) is 0 Å². The van der Waals surface area contributed by atoms with Crippen LogP contribution in [-0.4, -0.2) is 32.3 Å². The monoisotopic (exact) mass is 461 g/mol. The minimum Gasteiger partial charge on any atom is -0.497 e. The molecule has 4 rings (SSSR count). The molecule has 168 valence electrons. The number of hydrogen-bond acceptors (Lipinski definition) is 6. The second-order valence-electron chi connectivity index (χ2n) is 6.97. The molecule has 7 nitrogen and oxygen atoms in total. The van der Waals surface area contributed by atoms with Crippen LogP contribution in [0.4, 0.5) is 16.2 Å². The van der Waals surface area contributed by atoms with Gasteiger partial charge in [0.05, 0.1) is 26.8 Å². The normalized spacial score (nSPS) is 10.5. The van der Waals surface area contributed by atoms with E-state index in [1.165, 1.54) is 0 Å². The summed E-state index contributed by atoms with van der Waals surface area (Å²) in [5, 5.41) is 6.61. The topological polar surface area (TPSA) is 81.7 Å². The first-order chi connectivity index (χ1) is 16.1. The molecule has 0 aliphatic carbocycles. The summed E-state index contributed by atoms with van der Waals surface area (Å²) in [7, 11) is 4.82. The smallest absolute Gasteiger partial charge is 0.323 e. The molecule has 0 aliphatic rings. The average molecular weight is 462 g/mol. The van der Waals surface area contributed by atoms with Gasteiger partial charge in [-0.2, -0.15) is 0 Å². The molecular formula is C25H23N3O4S. The number of aromatic nitrogens is 1. The Bertz CT molecular complexity index is 1260. The van der Waals surface area contributed by atoms with Gasteiger partial charge in [0.15, 0.2) is 11.5 Å². The molecule has 0 fully saturated rings. The second-order valence-corrected chi connectivity index (χ2v) is 8.08. The maximum absolute atomic E-state index is 12.3. The van der Waals surface area contributed by atoms with E-state index in [0.29, 0.717) is 22.9 Å². The summed E-state index contributed by atoms with van der Waals surface area (Å²) in [6.07, 6.45) is 1.77. The SMILES string of the molecule is COc1ccc(NC(=O)Nc2ccc(Sc3ccnc4cc(OC)c(OC)cc34)cc2)cc1. The van der Waals surface area contributed by atoms with E-state index in [1.807, 2.05) is 42.5 Å². The molecule has 0 unspecified atom stereocenters. The Morgan fingerprint density at radius 2 is 1.39 bits per heavy atom. The zero-order chi connectivity index (χ0) is 23.2. The summed E-state index contributed by atoms with van der Waals surface area (Å²) in [6.45, 7) is 0. The van der Waals surface area contributed by atoms with Crippen molar-refractivity contribution in [2.45, 2.75) is 9.79 Å². The van der Waals surface area contributed by atoms with E-state index in [9.17, 15) is 4.79 Å². The number of carbonyl (C=O) groups excluding carboxylic acids is 1. The fourth-order valence-electron chi connectivity index (χ4n) is 3.24. The molecule has 33 heavy (non-hydrogen) atoms. The van der Waals surface area contributed by atoms with Gasteiger partial charge in [-0.25, -0.2) is 4.79 Å². The molecule has 2 N–H and O–H groups in total. The highest BCUT2D eigenvalue weighted by Crippen LogP contribution is 2.38. The Balaban J connectivity index is 1.45. The van der Waals surface area contributed by atoms with Crippen LogP contribution in [0.3, 0.4) is 0 Å². The molecule has 0 radical (unpaired) electrons. The summed E-state index contributed by atoms with van der Waals surface area (Å²) in [4.78, 5) is 18.8. The van der Waals surface area contributed by atoms with Crippen LogP contribution in [0.25, 0.3) is 10.9 Å². The molecule has 0 spiro atoms. The minimum absolute atomic E-state index is 0.318. The fourth-order valence-corrected chi connectivity index (χ4v) is 4.17. The van der Waals surface area contributed by atoms with Gasteiger partial charge < -0.3 is 24.8 Å². The second kappa shape index (κ2) is 10.1. The van der Waals surface area contributed by atoms with Crippen molar-refractivity contribution in [1.82, 2.24) is 4.98 Å². The molecule has 0 atom stereocenters. The third-order valence-corrected chi connectivity index (χ3v) is 5.98. The molecule has 4 aromatic rings. The van der Waals surface area contributed by atoms with Crippen molar-refractivity contribution < 1.29 is 19.0 Å². The first-order valence-corrected chi connectivity index (χ1v) is 10.9. The summed E-state index contributed by atoms with van der Waals surface area (Å²) in [6, 6.07) is 20.2. The number of carbonyl (C=O) groups is 1. The van der Waals surface area contributed by atoms with Crippen LogP contribution in [0.2, 0.25) is 0 Å². The van der Waals surface area contributed by atoms with Gasteiger partial charge in [0.1, 0.15) is 5.75 Å². The van der Waals surface area contributed by atoms with Crippen molar-refractivity contribution in [2.24, 2.45) is 0 Å². The van der Waals surface area contributed by atoms with Crippen LogP contribution in [-0.2, 0) is 0 Å². The number of amides is 2. The zero-order valence-electron chi connectivity index (χ0n) is 18.4. The van der Waals surface area contributed by atoms with Gasteiger partial charge in [0, 0.05) is 38.8 Å². The van der Waals surface area contributed by atoms with Crippen molar-refractivity contribution in [3.8, 4) is 17.2 Å². The lowest BCUT2D eigenvalue weighted by Gasteiger charge is -2.12. The highest BCUT2D eigenvalue weighted by atomic mass is 32.2. The number of urea groups is 1. The van der Waals surface area contributed by atoms with Crippen molar-refractivity contribution in [3.63, 3.8) is 0 Å². The predicted molar refractivity (Wildman–Crippen MR) is 131 cm³/mol. The standard InChI is InChI=1S/C25H23N3O4S/c1-30-18-8-4-16(5-9-18)27-25(29)28-17-6-10-19(11-7-17)33-24-12-13-26-21-15-23(32-3)22(31-2)14-20(21)24/h4-15H,1-3H3,(H2,27,28,29). The third kappa shape index (κ3) is 5.30. The van der Waals surface area contributed by atoms with E-state index in [4.69, 9.17) is 14.2 Å². The Morgan fingerprint density at radius 1 is 0.788 bits per heavy atom. The Kier molecular flexibility index (Phi) is 6.85. The first-order valence-electron chi connectivity index (χ1n) is 10.1. The van der Waals surface area contributed by atoms with Crippen LogP contribution >= 0.6 is 11.8 Å². The molecule has 0 aliphatic heterocycles. The molecule has 2 amide bonds. The molecular weight excluding hydrogens is 438 g/mol. The summed E-state index contributed by atoms with van der Waals surface area (Å²) >= 11 is 1.61. The van der Waals surface area contributed by atoms with E-state index < -0.39 is 0 Å². The van der Waals surface area contributed by atoms with Crippen LogP contribution < -0.4 is 24.8 Å². The number of methoxy groups -OCH3 is 3. The van der Waals surface area contributed by atoms with Gasteiger partial charge >= 0.3 is 6.03 Å². The number of ether oxygens (including phenoxy) is 3. The van der Waals surface area contributed by atoms with Gasteiger partial charge in [0.2, 0.25) is 0 Å². The number of fused-ring (bicyclic) bond motifs is 1. The van der Waals surface area contributed by atoms with E-state index >= 15 is 0 Å². The quantitative estimate of drug-likeness (QED) is 0.348. The first kappa shape index (κ1) is 22.3. The number of rotatable bonds is 7. The van der Waals surface area contributed by atoms with Gasteiger partial charge in [-0.1, -0.05) is 11.8 Å². The van der Waals surface area contributed by atoms with Gasteiger partial charge in [-0.05, 0) is 60.7 Å². The lowest BCUT2D eigenvalue weighted by atomic mass is 10.2. The Morgan fingerprint density at radius 3 is 2.00 bits per heavy atom. The molecule has 1 heterocycles. The molecule has 0 saturated heterocycles. The molecule has 0 saturated carbocycles. The zero-order valence-corrected chi connectivity index (χ0v) is 19.2. The highest BCUT2D eigenvalue weighted by molar-refractivity contribution is 7.99. The number of hydrogen-bond donors (Lipinski definition) is 2. The Hall–Kier alpha value is -3.91. The summed E-state index contributed by atoms with van der Waals surface area (Å²) in [5.41, 5.74) is 2.19. The number of nitrogens with zero attached hydrogens (tertiary/aromatic N) is 1. The fraction of sp³-hybridized carbons (Fsp3) is 0.120. The van der Waals surface area contributed by atoms with Crippen molar-refractivity contribution >= 4 is 40.1 Å². The maximum atomic E-state index is 12.3. The summed E-state index contributed by atoms with van der Waals surface area (Å²) in [5.74, 6) is 2.03. The number of nitrogens with one attached hydrogen (secondary N) is 2. The van der Waals surface area contributed by atoms with Crippen molar-refractivity contribution in [1.29, 1.82) is 0 Å². The van der Waals surface area contributed by atoms with Crippen LogP contribution in [0.1, 0.15) is 0 Å². The predicted octanol–water partition coefficient (Wildman–Crippen LogP) is 6.06. The summed E-state index contributed by atoms with van der Waals surface area (Å²) < 4.78 is 15.9. The van der Waals surface area contributed by atoms with E-state index in [2.05, 4.69) is 15.6 Å². The van der Waals surface area contributed by atoms with Crippen molar-refractivity contribution in [2.75, 3.05) is 32.0 Å². The molecule has 0 bridgehead atoms. The van der Waals surface area contributed by atoms with Crippen molar-refractivity contribution in [3.05, 3.63) is 72.9 Å². The average Bonchev–Trinajstić information content (AvgIpc) is 2.85. The number of anilines is 2. The van der Waals surface area contributed by atoms with Crippen LogP contribution in [0.15, 0.2) is 82.7 Å². The molecule has 1 aromatic heterocycles. The van der Waals surface area contributed by atoms with Crippen LogP contribution in [0, 0.1) is 0 Å². The third-order valence-electron chi connectivity index (χ3n) is 4.89. The highest BCUT2D eigenvalue weighted by Gasteiger charge is 2.11. The number of benzene rings is 3. The van der Waals surface area contributed by atoms with E-state index in [0.717, 1.165) is 26.4 Å². The lowest BCUT2D eigenvalue weighted by molar-refractivity contribution is 0.262. The van der Waals surface area contributed by atoms with E-state index in [1.54, 1.807) is 63.6 Å². The molecule has 8 heteroatoms. The van der Waals surface area contributed by atoms with E-state index in [-0.39, 0.29) is 6.03 Å². The van der Waals surface area contributed by atoms with Crippen LogP contribution in [0.5, 0.6) is 17.2 Å². The van der Waals surface area contributed by atoms with Gasteiger partial charge in [-0.15, -0.1) is 0 Å². The van der Waals surface area contributed by atoms with Gasteiger partial charge in [-0.3, -0.25) is 4.98 Å². The Labute approximate surface area is 196 Å². The lowest BCUT2D eigenvalue weighted by Crippen LogP contribution is -2.19.